The van der Waals surface area contributed by atoms with Crippen molar-refractivity contribution in [2.24, 2.45) is 0 Å². The van der Waals surface area contributed by atoms with Gasteiger partial charge >= 0.3 is 6.01 Å². The summed E-state index contributed by atoms with van der Waals surface area (Å²) in [4.78, 5) is 26.7. The van der Waals surface area contributed by atoms with Crippen LogP contribution in [0.2, 0.25) is 0 Å². The molecule has 0 aliphatic rings. The van der Waals surface area contributed by atoms with Gasteiger partial charge in [0.25, 0.3) is 0 Å². The maximum atomic E-state index is 6.38. The van der Waals surface area contributed by atoms with Crippen LogP contribution in [0, 0.1) is 13.8 Å². The smallest absolute Gasteiger partial charge is 0.321 e. The second-order valence-electron chi connectivity index (χ2n) is 9.52. The zero-order chi connectivity index (χ0) is 26.8. The first-order chi connectivity index (χ1) is 18.3. The van der Waals surface area contributed by atoms with Crippen LogP contribution in [0.25, 0.3) is 21.8 Å². The lowest BCUT2D eigenvalue weighted by Crippen LogP contribution is -2.17. The predicted molar refractivity (Wildman–Crippen MR) is 152 cm³/mol. The molecule has 0 fully saturated rings. The summed E-state index contributed by atoms with van der Waals surface area (Å²) < 4.78 is 5.85. The molecule has 194 valence electrons. The molecule has 3 heterocycles. The van der Waals surface area contributed by atoms with Crippen molar-refractivity contribution in [2.75, 3.05) is 43.6 Å². The third-order valence-electron chi connectivity index (χ3n) is 6.14. The number of nitrogen functional groups attached to an aromatic ring is 2. The number of rotatable bonds is 8. The molecule has 0 saturated heterocycles. The zero-order valence-corrected chi connectivity index (χ0v) is 22.0. The van der Waals surface area contributed by atoms with Crippen molar-refractivity contribution < 1.29 is 4.74 Å². The quantitative estimate of drug-likeness (QED) is 0.287. The largest absolute Gasteiger partial charge is 0.463 e. The highest BCUT2D eigenvalue weighted by molar-refractivity contribution is 5.97. The first-order valence-corrected chi connectivity index (χ1v) is 12.4. The van der Waals surface area contributed by atoms with Gasteiger partial charge in [0.1, 0.15) is 6.33 Å². The molecule has 10 nitrogen and oxygen atoms in total. The summed E-state index contributed by atoms with van der Waals surface area (Å²) in [7, 11) is 4.05. The molecule has 5 rings (SSSR count). The van der Waals surface area contributed by atoms with E-state index in [0.29, 0.717) is 23.9 Å². The fourth-order valence-corrected chi connectivity index (χ4v) is 4.41. The number of benzene rings is 2. The van der Waals surface area contributed by atoms with E-state index in [1.165, 1.54) is 6.33 Å². The van der Waals surface area contributed by atoms with E-state index in [-0.39, 0.29) is 6.01 Å². The molecule has 0 atom stereocenters. The number of anilines is 5. The fourth-order valence-electron chi connectivity index (χ4n) is 4.41. The Labute approximate surface area is 221 Å². The van der Waals surface area contributed by atoms with Gasteiger partial charge in [-0.1, -0.05) is 0 Å². The highest BCUT2D eigenvalue weighted by atomic mass is 16.5. The molecule has 2 aromatic carbocycles. The Balaban J connectivity index is 1.62. The Morgan fingerprint density at radius 1 is 0.763 bits per heavy atom. The van der Waals surface area contributed by atoms with Crippen LogP contribution in [0.3, 0.4) is 0 Å². The Kier molecular flexibility index (Phi) is 6.89. The van der Waals surface area contributed by atoms with Gasteiger partial charge in [0.05, 0.1) is 17.6 Å². The van der Waals surface area contributed by atoms with Crippen molar-refractivity contribution in [1.29, 1.82) is 0 Å². The van der Waals surface area contributed by atoms with E-state index in [4.69, 9.17) is 16.2 Å². The van der Waals surface area contributed by atoms with Crippen LogP contribution < -0.4 is 21.1 Å². The van der Waals surface area contributed by atoms with E-state index in [1.807, 2.05) is 81.4 Å². The molecule has 0 unspecified atom stereocenters. The van der Waals surface area contributed by atoms with E-state index in [0.717, 1.165) is 57.5 Å². The van der Waals surface area contributed by atoms with Crippen LogP contribution >= 0.6 is 0 Å². The van der Waals surface area contributed by atoms with Gasteiger partial charge in [-0.05, 0) is 82.9 Å². The van der Waals surface area contributed by atoms with E-state index < -0.39 is 0 Å². The average molecular weight is 510 g/mol. The molecule has 0 amide bonds. The van der Waals surface area contributed by atoms with Crippen molar-refractivity contribution in [3.8, 4) is 6.01 Å². The lowest BCUT2D eigenvalue weighted by atomic mass is 10.1. The van der Waals surface area contributed by atoms with Crippen molar-refractivity contribution in [1.82, 2.24) is 29.8 Å². The maximum absolute atomic E-state index is 6.38. The van der Waals surface area contributed by atoms with E-state index in [9.17, 15) is 0 Å². The third-order valence-corrected chi connectivity index (χ3v) is 6.14. The fraction of sp³-hybridized carbons (Fsp3) is 0.250. The van der Waals surface area contributed by atoms with Crippen LogP contribution in [-0.2, 0) is 0 Å². The second-order valence-corrected chi connectivity index (χ2v) is 9.52. The Bertz CT molecular complexity index is 1530. The second kappa shape index (κ2) is 10.4. The number of ether oxygens (including phenoxy) is 1. The molecular formula is C28H31N9O. The summed E-state index contributed by atoms with van der Waals surface area (Å²) in [6, 6.07) is 15.8. The molecule has 38 heavy (non-hydrogen) atoms. The third kappa shape index (κ3) is 5.25. The monoisotopic (exact) mass is 509 g/mol. The molecule has 0 bridgehead atoms. The number of hydrogen-bond acceptors (Lipinski definition) is 10. The summed E-state index contributed by atoms with van der Waals surface area (Å²) in [5.41, 5.74) is 19.0. The SMILES string of the molecule is Cc1cc(N)c2cc(N(c3ccc4nc(C)cc(N)c4c3)c3ncnc(OCCCN(C)C)n3)ccc2n1. The highest BCUT2D eigenvalue weighted by Gasteiger charge is 2.19. The molecule has 3 aromatic heterocycles. The van der Waals surface area contributed by atoms with Gasteiger partial charge < -0.3 is 21.1 Å². The number of pyridine rings is 2. The minimum atomic E-state index is 0.258. The minimum absolute atomic E-state index is 0.258. The van der Waals surface area contributed by atoms with Crippen molar-refractivity contribution >= 4 is 50.5 Å². The molecule has 10 heteroatoms. The van der Waals surface area contributed by atoms with Crippen LogP contribution in [0.1, 0.15) is 17.8 Å². The topological polar surface area (TPSA) is 132 Å². The first kappa shape index (κ1) is 25.1. The first-order valence-electron chi connectivity index (χ1n) is 12.4. The van der Waals surface area contributed by atoms with Crippen molar-refractivity contribution in [3.05, 3.63) is 66.2 Å². The number of hydrogen-bond donors (Lipinski definition) is 2. The molecular weight excluding hydrogens is 478 g/mol. The van der Waals surface area contributed by atoms with Crippen LogP contribution in [-0.4, -0.2) is 57.1 Å². The summed E-state index contributed by atoms with van der Waals surface area (Å²) in [6.07, 6.45) is 2.31. The minimum Gasteiger partial charge on any atom is -0.463 e. The lowest BCUT2D eigenvalue weighted by molar-refractivity contribution is 0.263. The van der Waals surface area contributed by atoms with Gasteiger partial charge in [0.15, 0.2) is 0 Å². The molecule has 5 aromatic rings. The number of aryl methyl sites for hydroxylation is 2. The molecule has 0 radical (unpaired) electrons. The summed E-state index contributed by atoms with van der Waals surface area (Å²) in [6.45, 7) is 5.26. The number of nitrogens with zero attached hydrogens (tertiary/aromatic N) is 7. The van der Waals surface area contributed by atoms with E-state index in [2.05, 4.69) is 29.8 Å². The predicted octanol–water partition coefficient (Wildman–Crippen LogP) is 4.55. The summed E-state index contributed by atoms with van der Waals surface area (Å²) in [5, 5.41) is 1.68. The Morgan fingerprint density at radius 2 is 1.34 bits per heavy atom. The Morgan fingerprint density at radius 3 is 1.89 bits per heavy atom. The zero-order valence-electron chi connectivity index (χ0n) is 22.0. The lowest BCUT2D eigenvalue weighted by Gasteiger charge is -2.24. The maximum Gasteiger partial charge on any atom is 0.321 e. The molecule has 0 aliphatic heterocycles. The highest BCUT2D eigenvalue weighted by Crippen LogP contribution is 2.37. The molecule has 0 saturated carbocycles. The van der Waals surface area contributed by atoms with Gasteiger partial charge in [-0.25, -0.2) is 4.98 Å². The normalized spacial score (nSPS) is 11.4. The van der Waals surface area contributed by atoms with Crippen LogP contribution in [0.15, 0.2) is 54.9 Å². The summed E-state index contributed by atoms with van der Waals surface area (Å²) >= 11 is 0. The molecule has 0 spiro atoms. The molecule has 4 N–H and O–H groups in total. The van der Waals surface area contributed by atoms with Crippen molar-refractivity contribution in [2.45, 2.75) is 20.3 Å². The van der Waals surface area contributed by atoms with Gasteiger partial charge in [0, 0.05) is 51.5 Å². The van der Waals surface area contributed by atoms with Crippen LogP contribution in [0.5, 0.6) is 6.01 Å². The van der Waals surface area contributed by atoms with Gasteiger partial charge in [-0.15, -0.1) is 0 Å². The van der Waals surface area contributed by atoms with Gasteiger partial charge in [-0.3, -0.25) is 14.9 Å². The average Bonchev–Trinajstić information content (AvgIpc) is 2.87. The Hall–Kier alpha value is -4.57. The standard InChI is InChI=1S/C28H31N9O/c1-17-12-23(29)21-14-19(6-8-25(21)33-17)37(20-7-9-26-22(15-20)24(30)13-18(2)34-26)27-31-16-32-28(35-27)38-11-5-10-36(3)4/h6-9,12-16H,5,10-11H2,1-4H3,(H2,29,33)(H2,30,34). The summed E-state index contributed by atoms with van der Waals surface area (Å²) in [5.74, 6) is 0.401. The van der Waals surface area contributed by atoms with Crippen LogP contribution in [0.4, 0.5) is 28.7 Å². The molecule has 0 aliphatic carbocycles. The number of fused-ring (bicyclic) bond motifs is 2. The van der Waals surface area contributed by atoms with Crippen molar-refractivity contribution in [3.63, 3.8) is 0 Å². The van der Waals surface area contributed by atoms with E-state index in [1.54, 1.807) is 0 Å². The van der Waals surface area contributed by atoms with Gasteiger partial charge in [0.2, 0.25) is 5.95 Å². The number of aromatic nitrogens is 5. The number of nitrogens with two attached hydrogens (primary N) is 2. The van der Waals surface area contributed by atoms with Gasteiger partial charge in [-0.2, -0.15) is 9.97 Å². The van der Waals surface area contributed by atoms with E-state index >= 15 is 0 Å².